The third kappa shape index (κ3) is 5.95. The van der Waals surface area contributed by atoms with Gasteiger partial charge in [-0.25, -0.2) is 4.98 Å². The van der Waals surface area contributed by atoms with Gasteiger partial charge in [0.2, 0.25) is 0 Å². The molecule has 41 heavy (non-hydrogen) atoms. The third-order valence-electron chi connectivity index (χ3n) is 7.00. The molecule has 0 bridgehead atoms. The molecule has 2 aromatic heterocycles. The molecule has 0 fully saturated rings. The van der Waals surface area contributed by atoms with Gasteiger partial charge in [-0.3, -0.25) is 0 Å². The maximum atomic E-state index is 5.69. The van der Waals surface area contributed by atoms with Crippen molar-refractivity contribution >= 4 is 56.4 Å². The monoisotopic (exact) mass is 574 g/mol. The minimum Gasteiger partial charge on any atom is -0.497 e. The van der Waals surface area contributed by atoms with Crippen molar-refractivity contribution in [2.45, 2.75) is 13.2 Å². The summed E-state index contributed by atoms with van der Waals surface area (Å²) in [4.78, 5) is 9.40. The second-order valence-corrected chi connectivity index (χ2v) is 11.7. The number of rotatable bonds is 9. The summed E-state index contributed by atoms with van der Waals surface area (Å²) >= 11 is 3.52. The summed E-state index contributed by atoms with van der Waals surface area (Å²) < 4.78 is 12.2. The molecule has 0 amide bonds. The summed E-state index contributed by atoms with van der Waals surface area (Å²) in [6.07, 6.45) is 4.23. The van der Waals surface area contributed by atoms with Crippen molar-refractivity contribution in [1.29, 1.82) is 0 Å². The molecule has 0 radical (unpaired) electrons. The lowest BCUT2D eigenvalue weighted by atomic mass is 10.1. The summed E-state index contributed by atoms with van der Waals surface area (Å²) in [5, 5.41) is 1.06. The van der Waals surface area contributed by atoms with Crippen LogP contribution >= 0.6 is 22.7 Å². The maximum absolute atomic E-state index is 5.69. The summed E-state index contributed by atoms with van der Waals surface area (Å²) in [5.74, 6) is 0.832. The van der Waals surface area contributed by atoms with E-state index in [4.69, 9.17) is 14.5 Å². The number of aromatic nitrogens is 1. The maximum Gasteiger partial charge on any atom is 0.131 e. The Morgan fingerprint density at radius 1 is 0.707 bits per heavy atom. The van der Waals surface area contributed by atoms with Crippen LogP contribution in [0.4, 0.5) is 11.4 Å². The zero-order chi connectivity index (χ0) is 28.2. The fraction of sp³-hybridized carbons (Fsp3) is 0.114. The van der Waals surface area contributed by atoms with Gasteiger partial charge in [0.15, 0.2) is 0 Å². The van der Waals surface area contributed by atoms with Gasteiger partial charge in [0.05, 0.1) is 17.3 Å². The van der Waals surface area contributed by atoms with Gasteiger partial charge in [0.25, 0.3) is 0 Å². The number of benzene rings is 4. The Hall–Kier alpha value is -4.23. The van der Waals surface area contributed by atoms with E-state index < -0.39 is 0 Å². The quantitative estimate of drug-likeness (QED) is 0.161. The van der Waals surface area contributed by atoms with E-state index in [1.54, 1.807) is 36.9 Å². The van der Waals surface area contributed by atoms with Crippen LogP contribution in [0.15, 0.2) is 109 Å². The molecule has 4 nitrogen and oxygen atoms in total. The first-order chi connectivity index (χ1) is 20.1. The SMILES string of the molecule is COc1ccc(N(c2ccc(-c3ccc(/C=C/c4ccc(-c5nc6ccccc6s5)cc4)s3)cc2)C(C)OC)cc1. The van der Waals surface area contributed by atoms with Crippen LogP contribution in [0.25, 0.3) is 43.4 Å². The first-order valence-corrected chi connectivity index (χ1v) is 15.0. The van der Waals surface area contributed by atoms with E-state index >= 15 is 0 Å². The van der Waals surface area contributed by atoms with Crippen molar-refractivity contribution in [2.75, 3.05) is 19.1 Å². The van der Waals surface area contributed by atoms with Crippen molar-refractivity contribution in [1.82, 2.24) is 4.98 Å². The van der Waals surface area contributed by atoms with Gasteiger partial charge in [-0.2, -0.15) is 0 Å². The van der Waals surface area contributed by atoms with Gasteiger partial charge in [-0.15, -0.1) is 22.7 Å². The van der Waals surface area contributed by atoms with Crippen LogP contribution in [0, 0.1) is 0 Å². The molecule has 6 rings (SSSR count). The number of thiophene rings is 1. The largest absolute Gasteiger partial charge is 0.497 e. The van der Waals surface area contributed by atoms with Crippen molar-refractivity contribution in [3.05, 3.63) is 120 Å². The Balaban J connectivity index is 1.15. The smallest absolute Gasteiger partial charge is 0.131 e. The minimum atomic E-state index is -0.122. The highest BCUT2D eigenvalue weighted by atomic mass is 32.1. The number of ether oxygens (including phenoxy) is 2. The summed E-state index contributed by atoms with van der Waals surface area (Å²) in [6.45, 7) is 2.05. The van der Waals surface area contributed by atoms with E-state index in [9.17, 15) is 0 Å². The van der Waals surface area contributed by atoms with E-state index in [0.717, 1.165) is 33.2 Å². The van der Waals surface area contributed by atoms with Gasteiger partial charge in [0, 0.05) is 33.8 Å². The summed E-state index contributed by atoms with van der Waals surface area (Å²) in [7, 11) is 3.41. The topological polar surface area (TPSA) is 34.6 Å². The minimum absolute atomic E-state index is 0.122. The van der Waals surface area contributed by atoms with Gasteiger partial charge in [-0.05, 0) is 84.8 Å². The van der Waals surface area contributed by atoms with E-state index in [-0.39, 0.29) is 6.23 Å². The van der Waals surface area contributed by atoms with E-state index in [2.05, 4.69) is 108 Å². The Bertz CT molecular complexity index is 1740. The molecular formula is C35H30N2O2S2. The average Bonchev–Trinajstić information content (AvgIpc) is 3.69. The van der Waals surface area contributed by atoms with E-state index in [1.165, 1.54) is 25.6 Å². The predicted molar refractivity (Wildman–Crippen MR) is 175 cm³/mol. The lowest BCUT2D eigenvalue weighted by molar-refractivity contribution is 0.123. The fourth-order valence-corrected chi connectivity index (χ4v) is 6.60. The van der Waals surface area contributed by atoms with Gasteiger partial charge < -0.3 is 14.4 Å². The fourth-order valence-electron chi connectivity index (χ4n) is 4.71. The van der Waals surface area contributed by atoms with Gasteiger partial charge in [-0.1, -0.05) is 54.6 Å². The number of methoxy groups -OCH3 is 2. The highest BCUT2D eigenvalue weighted by Gasteiger charge is 2.17. The highest BCUT2D eigenvalue weighted by molar-refractivity contribution is 7.21. The Labute approximate surface area is 248 Å². The van der Waals surface area contributed by atoms with Crippen LogP contribution in [-0.2, 0) is 4.74 Å². The highest BCUT2D eigenvalue weighted by Crippen LogP contribution is 2.35. The average molecular weight is 575 g/mol. The molecule has 4 aromatic carbocycles. The molecule has 0 saturated heterocycles. The van der Waals surface area contributed by atoms with E-state index in [1.807, 2.05) is 25.1 Å². The normalized spacial score (nSPS) is 12.2. The van der Waals surface area contributed by atoms with Crippen LogP contribution < -0.4 is 9.64 Å². The predicted octanol–water partition coefficient (Wildman–Crippen LogP) is 10.0. The molecule has 1 unspecified atom stereocenters. The number of fused-ring (bicyclic) bond motifs is 1. The first-order valence-electron chi connectivity index (χ1n) is 13.4. The summed E-state index contributed by atoms with van der Waals surface area (Å²) in [5.41, 5.74) is 6.68. The second-order valence-electron chi connectivity index (χ2n) is 9.59. The molecule has 0 N–H and O–H groups in total. The third-order valence-corrected chi connectivity index (χ3v) is 9.19. The first kappa shape index (κ1) is 27.0. The molecule has 6 aromatic rings. The summed E-state index contributed by atoms with van der Waals surface area (Å²) in [6, 6.07) is 37.9. The number of hydrogen-bond donors (Lipinski definition) is 0. The molecule has 0 spiro atoms. The molecule has 0 aliphatic heterocycles. The Kier molecular flexibility index (Phi) is 7.96. The van der Waals surface area contributed by atoms with Crippen molar-refractivity contribution < 1.29 is 9.47 Å². The Morgan fingerprint density at radius 2 is 1.39 bits per heavy atom. The molecular weight excluding hydrogens is 545 g/mol. The number of hydrogen-bond acceptors (Lipinski definition) is 6. The van der Waals surface area contributed by atoms with Crippen LogP contribution in [0.3, 0.4) is 0 Å². The molecule has 2 heterocycles. The van der Waals surface area contributed by atoms with E-state index in [0.29, 0.717) is 0 Å². The second kappa shape index (κ2) is 12.1. The van der Waals surface area contributed by atoms with Gasteiger partial charge in [0.1, 0.15) is 17.0 Å². The number of nitrogens with zero attached hydrogens (tertiary/aromatic N) is 2. The lowest BCUT2D eigenvalue weighted by Gasteiger charge is -2.30. The van der Waals surface area contributed by atoms with Crippen LogP contribution in [0.5, 0.6) is 5.75 Å². The van der Waals surface area contributed by atoms with Crippen LogP contribution in [0.2, 0.25) is 0 Å². The van der Waals surface area contributed by atoms with Crippen molar-refractivity contribution in [2.24, 2.45) is 0 Å². The van der Waals surface area contributed by atoms with Gasteiger partial charge >= 0.3 is 0 Å². The van der Waals surface area contributed by atoms with Crippen molar-refractivity contribution in [3.8, 4) is 26.8 Å². The molecule has 204 valence electrons. The van der Waals surface area contributed by atoms with Crippen molar-refractivity contribution in [3.63, 3.8) is 0 Å². The molecule has 0 aliphatic carbocycles. The molecule has 0 aliphatic rings. The van der Waals surface area contributed by atoms with Crippen LogP contribution in [0.1, 0.15) is 17.4 Å². The lowest BCUT2D eigenvalue weighted by Crippen LogP contribution is -2.29. The molecule has 0 saturated carbocycles. The zero-order valence-corrected chi connectivity index (χ0v) is 24.8. The number of thiazole rings is 1. The molecule has 1 atom stereocenters. The number of para-hydroxylation sites is 1. The zero-order valence-electron chi connectivity index (χ0n) is 23.2. The Morgan fingerprint density at radius 3 is 2.07 bits per heavy atom. The van der Waals surface area contributed by atoms with Crippen LogP contribution in [-0.4, -0.2) is 25.4 Å². The standard InChI is InChI=1S/C35H30N2O2S2/c1-24(38-2)37(29-17-19-30(39-3)20-18-29)28-15-13-26(14-16-28)33-23-22-31(40-33)21-10-25-8-11-27(12-9-25)35-36-32-6-4-5-7-34(32)41-35/h4-24H,1-3H3/b21-10+. The molecule has 6 heteroatoms. The number of anilines is 2.